The summed E-state index contributed by atoms with van der Waals surface area (Å²) in [6, 6.07) is 14.1. The Kier molecular flexibility index (Phi) is 6.30. The molecule has 0 radical (unpaired) electrons. The lowest BCUT2D eigenvalue weighted by Crippen LogP contribution is -2.40. The molecule has 1 fully saturated rings. The highest BCUT2D eigenvalue weighted by molar-refractivity contribution is 6.45. The molecule has 0 atom stereocenters. The van der Waals surface area contributed by atoms with Crippen molar-refractivity contribution in [1.82, 2.24) is 4.90 Å². The molecule has 2 aromatic carbocycles. The first-order valence-electron chi connectivity index (χ1n) is 10.4. The van der Waals surface area contributed by atoms with Gasteiger partial charge in [0.1, 0.15) is 11.4 Å². The summed E-state index contributed by atoms with van der Waals surface area (Å²) in [7, 11) is 0. The summed E-state index contributed by atoms with van der Waals surface area (Å²) in [5.74, 6) is 0.476. The van der Waals surface area contributed by atoms with Crippen LogP contribution in [0, 0.1) is 5.92 Å². The fourth-order valence-corrected chi connectivity index (χ4v) is 3.79. The highest BCUT2D eigenvalue weighted by Crippen LogP contribution is 2.36. The number of carbonyl (C=O) groups is 2. The molecule has 2 aromatic rings. The number of benzene rings is 2. The van der Waals surface area contributed by atoms with Crippen molar-refractivity contribution >= 4 is 34.7 Å². The van der Waals surface area contributed by atoms with Crippen LogP contribution in [0.15, 0.2) is 54.2 Å². The van der Waals surface area contributed by atoms with Gasteiger partial charge in [-0.3, -0.25) is 9.59 Å². The van der Waals surface area contributed by atoms with E-state index in [0.717, 1.165) is 5.75 Å². The van der Waals surface area contributed by atoms with Gasteiger partial charge in [0, 0.05) is 18.1 Å². The number of anilines is 1. The Hall–Kier alpha value is -2.83. The van der Waals surface area contributed by atoms with Crippen LogP contribution in [-0.4, -0.2) is 49.6 Å². The van der Waals surface area contributed by atoms with Gasteiger partial charge in [-0.25, -0.2) is 4.90 Å². The quantitative estimate of drug-likeness (QED) is 0.635. The second kappa shape index (κ2) is 9.12. The molecule has 2 aliphatic rings. The molecule has 162 valence electrons. The molecular weight excluding hydrogens is 416 g/mol. The van der Waals surface area contributed by atoms with Crippen molar-refractivity contribution in [2.75, 3.05) is 37.8 Å². The molecule has 2 heterocycles. The van der Waals surface area contributed by atoms with E-state index in [-0.39, 0.29) is 11.8 Å². The predicted molar refractivity (Wildman–Crippen MR) is 120 cm³/mol. The average Bonchev–Trinajstić information content (AvgIpc) is 3.04. The molecule has 2 aliphatic heterocycles. The zero-order valence-corrected chi connectivity index (χ0v) is 18.4. The van der Waals surface area contributed by atoms with E-state index >= 15 is 0 Å². The molecule has 0 N–H and O–H groups in total. The number of amides is 2. The van der Waals surface area contributed by atoms with Crippen LogP contribution in [0.2, 0.25) is 5.02 Å². The van der Waals surface area contributed by atoms with E-state index in [1.54, 1.807) is 24.3 Å². The summed E-state index contributed by atoms with van der Waals surface area (Å²) in [5.41, 5.74) is 2.00. The van der Waals surface area contributed by atoms with Gasteiger partial charge in [0.05, 0.1) is 31.1 Å². The lowest BCUT2D eigenvalue weighted by molar-refractivity contribution is -0.121. The molecule has 0 bridgehead atoms. The Morgan fingerprint density at radius 1 is 0.968 bits per heavy atom. The van der Waals surface area contributed by atoms with Gasteiger partial charge in [-0.15, -0.1) is 0 Å². The first-order valence-corrected chi connectivity index (χ1v) is 10.8. The highest BCUT2D eigenvalue weighted by Gasteiger charge is 2.42. The monoisotopic (exact) mass is 440 g/mol. The third-order valence-electron chi connectivity index (χ3n) is 5.20. The van der Waals surface area contributed by atoms with Crippen molar-refractivity contribution in [3.63, 3.8) is 0 Å². The summed E-state index contributed by atoms with van der Waals surface area (Å²) in [4.78, 5) is 30.1. The minimum Gasteiger partial charge on any atom is -0.493 e. The summed E-state index contributed by atoms with van der Waals surface area (Å²) in [6.45, 7) is 6.93. The van der Waals surface area contributed by atoms with Crippen molar-refractivity contribution < 1.29 is 19.1 Å². The predicted octanol–water partition coefficient (Wildman–Crippen LogP) is 3.99. The summed E-state index contributed by atoms with van der Waals surface area (Å²) in [5, 5.41) is 0.543. The number of halogens is 1. The average molecular weight is 441 g/mol. The van der Waals surface area contributed by atoms with E-state index in [1.165, 1.54) is 4.90 Å². The molecule has 31 heavy (non-hydrogen) atoms. The van der Waals surface area contributed by atoms with Gasteiger partial charge in [-0.2, -0.15) is 0 Å². The van der Waals surface area contributed by atoms with Gasteiger partial charge in [-0.05, 0) is 47.9 Å². The Morgan fingerprint density at radius 3 is 2.23 bits per heavy atom. The second-order valence-electron chi connectivity index (χ2n) is 7.97. The van der Waals surface area contributed by atoms with E-state index in [9.17, 15) is 9.59 Å². The van der Waals surface area contributed by atoms with E-state index in [2.05, 4.69) is 13.8 Å². The van der Waals surface area contributed by atoms with Crippen LogP contribution in [0.5, 0.6) is 5.75 Å². The van der Waals surface area contributed by atoms with E-state index in [1.807, 2.05) is 29.2 Å². The number of hydrogen-bond donors (Lipinski definition) is 0. The molecule has 1 saturated heterocycles. The molecule has 0 spiro atoms. The van der Waals surface area contributed by atoms with Crippen molar-refractivity contribution in [3.05, 3.63) is 64.8 Å². The van der Waals surface area contributed by atoms with E-state index in [0.29, 0.717) is 66.4 Å². The van der Waals surface area contributed by atoms with Gasteiger partial charge in [0.2, 0.25) is 0 Å². The maximum absolute atomic E-state index is 13.5. The number of nitrogens with zero attached hydrogens (tertiary/aromatic N) is 2. The first-order chi connectivity index (χ1) is 15.0. The minimum absolute atomic E-state index is 0.329. The largest absolute Gasteiger partial charge is 0.493 e. The smallest absolute Gasteiger partial charge is 0.282 e. The third kappa shape index (κ3) is 4.45. The Morgan fingerprint density at radius 2 is 1.61 bits per heavy atom. The summed E-state index contributed by atoms with van der Waals surface area (Å²) < 4.78 is 11.2. The Balaban J connectivity index is 1.71. The SMILES string of the molecule is CC(C)COc1ccc(C2=C(N3CCOCC3)C(=O)N(c3ccc(Cl)cc3)C2=O)cc1. The number of hydrogen-bond acceptors (Lipinski definition) is 5. The fourth-order valence-electron chi connectivity index (χ4n) is 3.66. The Labute approximate surface area is 187 Å². The van der Waals surface area contributed by atoms with Gasteiger partial charge < -0.3 is 14.4 Å². The summed E-state index contributed by atoms with van der Waals surface area (Å²) in [6.07, 6.45) is 0. The van der Waals surface area contributed by atoms with Gasteiger partial charge in [0.15, 0.2) is 0 Å². The molecule has 7 heteroatoms. The number of carbonyl (C=O) groups excluding carboxylic acids is 2. The zero-order valence-electron chi connectivity index (χ0n) is 17.6. The summed E-state index contributed by atoms with van der Waals surface area (Å²) >= 11 is 5.99. The van der Waals surface area contributed by atoms with E-state index < -0.39 is 0 Å². The topological polar surface area (TPSA) is 59.1 Å². The standard InChI is InChI=1S/C24H25ClN2O4/c1-16(2)15-31-20-9-3-17(4-10-20)21-22(26-11-13-30-14-12-26)24(29)27(23(21)28)19-7-5-18(25)6-8-19/h3-10,16H,11-15H2,1-2H3. The Bertz CT molecular complexity index is 993. The van der Waals surface area contributed by atoms with Gasteiger partial charge >= 0.3 is 0 Å². The molecule has 0 unspecified atom stereocenters. The van der Waals surface area contributed by atoms with Gasteiger partial charge in [-0.1, -0.05) is 37.6 Å². The normalized spacial score (nSPS) is 17.2. The van der Waals surface area contributed by atoms with Crippen LogP contribution in [0.1, 0.15) is 19.4 Å². The molecule has 0 aliphatic carbocycles. The van der Waals surface area contributed by atoms with Crippen molar-refractivity contribution in [2.24, 2.45) is 5.92 Å². The number of ether oxygens (including phenoxy) is 2. The maximum Gasteiger partial charge on any atom is 0.282 e. The van der Waals surface area contributed by atoms with Gasteiger partial charge in [0.25, 0.3) is 11.8 Å². The van der Waals surface area contributed by atoms with Crippen molar-refractivity contribution in [3.8, 4) is 5.75 Å². The number of rotatable bonds is 6. The number of imide groups is 1. The van der Waals surface area contributed by atoms with Crippen LogP contribution >= 0.6 is 11.6 Å². The highest BCUT2D eigenvalue weighted by atomic mass is 35.5. The third-order valence-corrected chi connectivity index (χ3v) is 5.45. The van der Waals surface area contributed by atoms with Crippen molar-refractivity contribution in [1.29, 1.82) is 0 Å². The zero-order chi connectivity index (χ0) is 22.0. The van der Waals surface area contributed by atoms with Crippen LogP contribution in [0.25, 0.3) is 5.57 Å². The molecule has 0 aromatic heterocycles. The first kappa shape index (κ1) is 21.4. The second-order valence-corrected chi connectivity index (χ2v) is 8.41. The van der Waals surface area contributed by atoms with Crippen molar-refractivity contribution in [2.45, 2.75) is 13.8 Å². The molecule has 2 amide bonds. The number of morpholine rings is 1. The maximum atomic E-state index is 13.5. The van der Waals surface area contributed by atoms with E-state index in [4.69, 9.17) is 21.1 Å². The lowest BCUT2D eigenvalue weighted by atomic mass is 10.0. The molecule has 0 saturated carbocycles. The molecular formula is C24H25ClN2O4. The van der Waals surface area contributed by atoms with Crippen LogP contribution in [0.3, 0.4) is 0 Å². The minimum atomic E-state index is -0.343. The van der Waals surface area contributed by atoms with Crippen LogP contribution < -0.4 is 9.64 Å². The van der Waals surface area contributed by atoms with Crippen LogP contribution in [0.4, 0.5) is 5.69 Å². The van der Waals surface area contributed by atoms with Crippen LogP contribution in [-0.2, 0) is 14.3 Å². The fraction of sp³-hybridized carbons (Fsp3) is 0.333. The molecule has 4 rings (SSSR count). The lowest BCUT2D eigenvalue weighted by Gasteiger charge is -2.29. The molecule has 6 nitrogen and oxygen atoms in total.